The second kappa shape index (κ2) is 7.74. The fourth-order valence-corrected chi connectivity index (χ4v) is 3.27. The van der Waals surface area contributed by atoms with Gasteiger partial charge >= 0.3 is 5.97 Å². The average Bonchev–Trinajstić information content (AvgIpc) is 3.02. The lowest BCUT2D eigenvalue weighted by Crippen LogP contribution is -2.40. The van der Waals surface area contributed by atoms with Crippen molar-refractivity contribution >= 4 is 23.2 Å². The van der Waals surface area contributed by atoms with Crippen LogP contribution in [0.5, 0.6) is 0 Å². The zero-order valence-corrected chi connectivity index (χ0v) is 14.1. The topological polar surface area (TPSA) is 55.8 Å². The molecule has 0 aromatic carbocycles. The molecule has 0 bridgehead atoms. The standard InChI is InChI=1S/C16H23NO4S/c1-11(2)10-21-12-6-8-17(9-7-12)15(18)13-4-5-14(22-13)16(19)20-3/h4-5,11-12H,6-10H2,1-3H3. The Bertz CT molecular complexity index is 518. The minimum absolute atomic E-state index is 0.0116. The summed E-state index contributed by atoms with van der Waals surface area (Å²) in [6.07, 6.45) is 1.99. The van der Waals surface area contributed by atoms with E-state index in [2.05, 4.69) is 18.6 Å². The highest BCUT2D eigenvalue weighted by molar-refractivity contribution is 7.15. The van der Waals surface area contributed by atoms with Gasteiger partial charge in [-0.1, -0.05) is 13.8 Å². The summed E-state index contributed by atoms with van der Waals surface area (Å²) in [6.45, 7) is 6.44. The molecule has 6 heteroatoms. The normalized spacial score (nSPS) is 16.1. The molecule has 0 spiro atoms. The van der Waals surface area contributed by atoms with Crippen molar-refractivity contribution in [1.29, 1.82) is 0 Å². The Morgan fingerprint density at radius 3 is 2.50 bits per heavy atom. The van der Waals surface area contributed by atoms with E-state index < -0.39 is 5.97 Å². The van der Waals surface area contributed by atoms with E-state index in [4.69, 9.17) is 4.74 Å². The van der Waals surface area contributed by atoms with Crippen LogP contribution in [0.3, 0.4) is 0 Å². The van der Waals surface area contributed by atoms with Crippen LogP contribution in [0.15, 0.2) is 12.1 Å². The number of likely N-dealkylation sites (tertiary alicyclic amines) is 1. The lowest BCUT2D eigenvalue weighted by atomic mass is 10.1. The molecule has 1 fully saturated rings. The predicted molar refractivity (Wildman–Crippen MR) is 85.4 cm³/mol. The van der Waals surface area contributed by atoms with Gasteiger partial charge in [-0.05, 0) is 30.9 Å². The molecule has 0 saturated carbocycles. The van der Waals surface area contributed by atoms with Crippen molar-refractivity contribution in [3.63, 3.8) is 0 Å². The van der Waals surface area contributed by atoms with Gasteiger partial charge in [-0.3, -0.25) is 4.79 Å². The number of methoxy groups -OCH3 is 1. The van der Waals surface area contributed by atoms with Crippen molar-refractivity contribution in [3.8, 4) is 0 Å². The van der Waals surface area contributed by atoms with E-state index >= 15 is 0 Å². The number of piperidine rings is 1. The maximum absolute atomic E-state index is 12.4. The summed E-state index contributed by atoms with van der Waals surface area (Å²) in [5.74, 6) is 0.120. The minimum Gasteiger partial charge on any atom is -0.465 e. The fraction of sp³-hybridized carbons (Fsp3) is 0.625. The van der Waals surface area contributed by atoms with Crippen LogP contribution in [0, 0.1) is 5.92 Å². The minimum atomic E-state index is -0.398. The van der Waals surface area contributed by atoms with Crippen molar-refractivity contribution in [3.05, 3.63) is 21.9 Å². The maximum Gasteiger partial charge on any atom is 0.348 e. The number of carbonyl (C=O) groups excluding carboxylic acids is 2. The van der Waals surface area contributed by atoms with Gasteiger partial charge < -0.3 is 14.4 Å². The Labute approximate surface area is 135 Å². The van der Waals surface area contributed by atoms with E-state index in [1.807, 2.05) is 4.90 Å². The smallest absolute Gasteiger partial charge is 0.348 e. The SMILES string of the molecule is COC(=O)c1ccc(C(=O)N2CCC(OCC(C)C)CC2)s1. The maximum atomic E-state index is 12.4. The van der Waals surface area contributed by atoms with Crippen molar-refractivity contribution in [1.82, 2.24) is 4.90 Å². The molecule has 1 aromatic heterocycles. The zero-order valence-electron chi connectivity index (χ0n) is 13.3. The number of thiophene rings is 1. The summed E-state index contributed by atoms with van der Waals surface area (Å²) in [5, 5.41) is 0. The molecule has 0 atom stereocenters. The van der Waals surface area contributed by atoms with E-state index in [0.717, 1.165) is 19.4 Å². The lowest BCUT2D eigenvalue weighted by Gasteiger charge is -2.32. The van der Waals surface area contributed by atoms with Crippen LogP contribution in [0.2, 0.25) is 0 Å². The van der Waals surface area contributed by atoms with E-state index in [-0.39, 0.29) is 12.0 Å². The first kappa shape index (κ1) is 17.0. The molecule has 1 aliphatic heterocycles. The largest absolute Gasteiger partial charge is 0.465 e. The third-order valence-electron chi connectivity index (χ3n) is 3.60. The Morgan fingerprint density at radius 2 is 1.91 bits per heavy atom. The molecule has 2 heterocycles. The Kier molecular flexibility index (Phi) is 5.97. The lowest BCUT2D eigenvalue weighted by molar-refractivity contribution is -0.00221. The van der Waals surface area contributed by atoms with Crippen molar-refractivity contribution < 1.29 is 19.1 Å². The van der Waals surface area contributed by atoms with Gasteiger partial charge in [0.2, 0.25) is 0 Å². The van der Waals surface area contributed by atoms with Crippen LogP contribution in [-0.2, 0) is 9.47 Å². The summed E-state index contributed by atoms with van der Waals surface area (Å²) < 4.78 is 10.5. The van der Waals surface area contributed by atoms with Gasteiger partial charge in [-0.25, -0.2) is 4.79 Å². The van der Waals surface area contributed by atoms with Crippen molar-refractivity contribution in [2.24, 2.45) is 5.92 Å². The molecule has 2 rings (SSSR count). The predicted octanol–water partition coefficient (Wildman–Crippen LogP) is 2.81. The second-order valence-corrected chi connectivity index (χ2v) is 6.96. The molecule has 1 aliphatic rings. The zero-order chi connectivity index (χ0) is 16.1. The van der Waals surface area contributed by atoms with Crippen LogP contribution in [-0.4, -0.2) is 49.7 Å². The van der Waals surface area contributed by atoms with E-state index in [1.54, 1.807) is 12.1 Å². The van der Waals surface area contributed by atoms with Crippen LogP contribution in [0.25, 0.3) is 0 Å². The Morgan fingerprint density at radius 1 is 1.27 bits per heavy atom. The molecule has 122 valence electrons. The molecule has 22 heavy (non-hydrogen) atoms. The molecule has 1 aromatic rings. The van der Waals surface area contributed by atoms with Crippen LogP contribution in [0.1, 0.15) is 46.0 Å². The fourth-order valence-electron chi connectivity index (χ4n) is 2.37. The molecule has 5 nitrogen and oxygen atoms in total. The van der Waals surface area contributed by atoms with Gasteiger partial charge in [0.1, 0.15) is 4.88 Å². The van der Waals surface area contributed by atoms with E-state index in [1.165, 1.54) is 18.4 Å². The average molecular weight is 325 g/mol. The summed E-state index contributed by atoms with van der Waals surface area (Å²) in [4.78, 5) is 26.8. The van der Waals surface area contributed by atoms with Gasteiger partial charge in [0.15, 0.2) is 0 Å². The number of rotatable bonds is 5. The van der Waals surface area contributed by atoms with Crippen LogP contribution < -0.4 is 0 Å². The summed E-state index contributed by atoms with van der Waals surface area (Å²) >= 11 is 1.19. The quantitative estimate of drug-likeness (QED) is 0.781. The van der Waals surface area contributed by atoms with Crippen LogP contribution in [0.4, 0.5) is 0 Å². The Balaban J connectivity index is 1.87. The molecule has 1 amide bonds. The number of amides is 1. The second-order valence-electron chi connectivity index (χ2n) is 5.87. The number of esters is 1. The number of nitrogens with zero attached hydrogens (tertiary/aromatic N) is 1. The van der Waals surface area contributed by atoms with Crippen LogP contribution >= 0.6 is 11.3 Å². The first-order chi connectivity index (χ1) is 10.5. The summed E-state index contributed by atoms with van der Waals surface area (Å²) in [6, 6.07) is 3.34. The third kappa shape index (κ3) is 4.30. The van der Waals surface area contributed by atoms with Gasteiger partial charge in [-0.2, -0.15) is 0 Å². The first-order valence-corrected chi connectivity index (χ1v) is 8.42. The molecular weight excluding hydrogens is 302 g/mol. The van der Waals surface area contributed by atoms with E-state index in [0.29, 0.717) is 28.8 Å². The number of hydrogen-bond acceptors (Lipinski definition) is 5. The summed E-state index contributed by atoms with van der Waals surface area (Å²) in [5.41, 5.74) is 0. The van der Waals surface area contributed by atoms with Gasteiger partial charge in [0.05, 0.1) is 18.1 Å². The van der Waals surface area contributed by atoms with Gasteiger partial charge in [0, 0.05) is 19.7 Å². The molecule has 0 radical (unpaired) electrons. The highest BCUT2D eigenvalue weighted by atomic mass is 32.1. The Hall–Kier alpha value is -1.40. The molecular formula is C16H23NO4S. The molecule has 1 saturated heterocycles. The molecule has 0 unspecified atom stereocenters. The first-order valence-electron chi connectivity index (χ1n) is 7.60. The highest BCUT2D eigenvalue weighted by Crippen LogP contribution is 2.22. The van der Waals surface area contributed by atoms with Gasteiger partial charge in [0.25, 0.3) is 5.91 Å². The monoisotopic (exact) mass is 325 g/mol. The third-order valence-corrected chi connectivity index (χ3v) is 4.65. The number of ether oxygens (including phenoxy) is 2. The molecule has 0 N–H and O–H groups in total. The summed E-state index contributed by atoms with van der Waals surface area (Å²) in [7, 11) is 1.34. The van der Waals surface area contributed by atoms with Crippen molar-refractivity contribution in [2.75, 3.05) is 26.8 Å². The van der Waals surface area contributed by atoms with Crippen molar-refractivity contribution in [2.45, 2.75) is 32.8 Å². The van der Waals surface area contributed by atoms with E-state index in [9.17, 15) is 9.59 Å². The highest BCUT2D eigenvalue weighted by Gasteiger charge is 2.25. The molecule has 0 aliphatic carbocycles. The number of carbonyl (C=O) groups is 2. The van der Waals surface area contributed by atoms with Gasteiger partial charge in [-0.15, -0.1) is 11.3 Å². The number of hydrogen-bond donors (Lipinski definition) is 0.